The Kier molecular flexibility index (Phi) is 8.32. The molecule has 0 aromatic carbocycles. The molecule has 1 aliphatic carbocycles. The number of amides is 2. The molecule has 0 aromatic rings. The van der Waals surface area contributed by atoms with Crippen molar-refractivity contribution in [1.82, 2.24) is 10.4 Å². The first-order chi connectivity index (χ1) is 9.56. The molecule has 124 valence electrons. The Morgan fingerprint density at radius 3 is 2.05 bits per heavy atom. The molecule has 6 nitrogen and oxygen atoms in total. The molecule has 1 atom stereocenters. The average Bonchev–Trinajstić information content (AvgIpc) is 2.32. The van der Waals surface area contributed by atoms with Gasteiger partial charge in [0.05, 0.1) is 7.11 Å². The number of alkyl carbamates (subject to hydrolysis) is 1. The highest BCUT2D eigenvalue weighted by molar-refractivity contribution is 5.84. The van der Waals surface area contributed by atoms with Crippen LogP contribution >= 0.6 is 0 Å². The van der Waals surface area contributed by atoms with Crippen LogP contribution in [0, 0.1) is 5.92 Å². The molecule has 1 N–H and O–H groups in total. The van der Waals surface area contributed by atoms with Crippen LogP contribution in [0.5, 0.6) is 0 Å². The lowest BCUT2D eigenvalue weighted by molar-refractivity contribution is -0.170. The molecule has 1 fully saturated rings. The van der Waals surface area contributed by atoms with Crippen LogP contribution in [0.3, 0.4) is 0 Å². The first-order valence-electron chi connectivity index (χ1n) is 7.38. The minimum absolute atomic E-state index is 0.353. The van der Waals surface area contributed by atoms with E-state index in [2.05, 4.69) is 12.2 Å². The summed E-state index contributed by atoms with van der Waals surface area (Å²) in [7, 11) is 2.84. The second kappa shape index (κ2) is 8.87. The van der Waals surface area contributed by atoms with Crippen molar-refractivity contribution in [1.29, 1.82) is 0 Å². The Labute approximate surface area is 128 Å². The minimum atomic E-state index is -0.695. The molecule has 21 heavy (non-hydrogen) atoms. The lowest BCUT2D eigenvalue weighted by Gasteiger charge is -2.23. The molecule has 0 spiro atoms. The van der Waals surface area contributed by atoms with Crippen LogP contribution in [0.15, 0.2) is 0 Å². The summed E-state index contributed by atoms with van der Waals surface area (Å²) < 4.78 is 5.01. The highest BCUT2D eigenvalue weighted by atomic mass is 16.7. The van der Waals surface area contributed by atoms with Gasteiger partial charge in [0.15, 0.2) is 0 Å². The van der Waals surface area contributed by atoms with E-state index in [1.165, 1.54) is 33.4 Å². The Morgan fingerprint density at radius 2 is 1.76 bits per heavy atom. The van der Waals surface area contributed by atoms with Crippen molar-refractivity contribution in [2.45, 2.75) is 65.5 Å². The number of carbonyl (C=O) groups is 2. The third kappa shape index (κ3) is 9.28. The summed E-state index contributed by atoms with van der Waals surface area (Å²) in [4.78, 5) is 27.6. The number of rotatable bonds is 3. The summed E-state index contributed by atoms with van der Waals surface area (Å²) in [5.41, 5.74) is -0.583. The van der Waals surface area contributed by atoms with Gasteiger partial charge in [-0.25, -0.2) is 9.86 Å². The molecule has 0 aromatic heterocycles. The van der Waals surface area contributed by atoms with E-state index in [-0.39, 0.29) is 5.91 Å². The molecular weight excluding hydrogens is 272 g/mol. The van der Waals surface area contributed by atoms with Crippen LogP contribution < -0.4 is 5.32 Å². The highest BCUT2D eigenvalue weighted by Crippen LogP contribution is 2.24. The highest BCUT2D eigenvalue weighted by Gasteiger charge is 2.23. The van der Waals surface area contributed by atoms with Crippen LogP contribution in [-0.4, -0.2) is 42.9 Å². The maximum absolute atomic E-state index is 11.5. The fraction of sp³-hybridized carbons (Fsp3) is 0.867. The average molecular weight is 302 g/mol. The zero-order valence-electron chi connectivity index (χ0n) is 14.4. The van der Waals surface area contributed by atoms with E-state index in [0.29, 0.717) is 0 Å². The van der Waals surface area contributed by atoms with Gasteiger partial charge in [0.2, 0.25) is 0 Å². The van der Waals surface area contributed by atoms with Crippen LogP contribution in [0.4, 0.5) is 4.79 Å². The van der Waals surface area contributed by atoms with Crippen molar-refractivity contribution in [3.05, 3.63) is 0 Å². The summed E-state index contributed by atoms with van der Waals surface area (Å²) in [6.45, 7) is 9.12. The van der Waals surface area contributed by atoms with E-state index in [9.17, 15) is 9.59 Å². The number of hydroxylamine groups is 2. The lowest BCUT2D eigenvalue weighted by atomic mass is 9.88. The van der Waals surface area contributed by atoms with Gasteiger partial charge >= 0.3 is 6.09 Å². The Bertz CT molecular complexity index is 335. The minimum Gasteiger partial charge on any atom is -0.444 e. The SMILES string of the molecule is CC1CCC1.CON(C)C(=O)C(C)NC(=O)OC(C)(C)C. The maximum atomic E-state index is 11.5. The molecule has 0 heterocycles. The second-order valence-electron chi connectivity index (χ2n) is 6.42. The first-order valence-corrected chi connectivity index (χ1v) is 7.38. The van der Waals surface area contributed by atoms with Gasteiger partial charge in [-0.05, 0) is 33.6 Å². The van der Waals surface area contributed by atoms with Crippen LogP contribution in [-0.2, 0) is 14.4 Å². The normalized spacial score (nSPS) is 16.0. The molecule has 6 heteroatoms. The third-order valence-corrected chi connectivity index (χ3v) is 3.08. The molecule has 0 bridgehead atoms. The van der Waals surface area contributed by atoms with Crippen molar-refractivity contribution in [3.8, 4) is 0 Å². The van der Waals surface area contributed by atoms with Crippen molar-refractivity contribution in [2.24, 2.45) is 5.92 Å². The molecule has 1 saturated carbocycles. The van der Waals surface area contributed by atoms with Gasteiger partial charge in [0, 0.05) is 7.05 Å². The van der Waals surface area contributed by atoms with Crippen molar-refractivity contribution >= 4 is 12.0 Å². The number of carbonyl (C=O) groups excluding carboxylic acids is 2. The fourth-order valence-corrected chi connectivity index (χ4v) is 1.52. The van der Waals surface area contributed by atoms with Gasteiger partial charge in [-0.15, -0.1) is 0 Å². The van der Waals surface area contributed by atoms with Gasteiger partial charge in [-0.1, -0.05) is 26.2 Å². The topological polar surface area (TPSA) is 67.9 Å². The van der Waals surface area contributed by atoms with Crippen molar-refractivity contribution < 1.29 is 19.2 Å². The lowest BCUT2D eigenvalue weighted by Crippen LogP contribution is -2.46. The van der Waals surface area contributed by atoms with Gasteiger partial charge in [0.1, 0.15) is 11.6 Å². The quantitative estimate of drug-likeness (QED) is 0.814. The van der Waals surface area contributed by atoms with Gasteiger partial charge in [-0.2, -0.15) is 0 Å². The Hall–Kier alpha value is -1.30. The van der Waals surface area contributed by atoms with Crippen LogP contribution in [0.1, 0.15) is 53.9 Å². The van der Waals surface area contributed by atoms with E-state index in [0.717, 1.165) is 11.0 Å². The van der Waals surface area contributed by atoms with E-state index in [1.54, 1.807) is 27.7 Å². The van der Waals surface area contributed by atoms with E-state index >= 15 is 0 Å². The number of likely N-dealkylation sites (N-methyl/N-ethyl adjacent to an activating group) is 1. The summed E-state index contributed by atoms with van der Waals surface area (Å²) in [6.07, 6.45) is 3.83. The first kappa shape index (κ1) is 19.7. The summed E-state index contributed by atoms with van der Waals surface area (Å²) in [6, 6.07) is -0.695. The van der Waals surface area contributed by atoms with Crippen LogP contribution in [0.2, 0.25) is 0 Å². The molecule has 0 aliphatic heterocycles. The van der Waals surface area contributed by atoms with Crippen LogP contribution in [0.25, 0.3) is 0 Å². The standard InChI is InChI=1S/C10H20N2O4.C5H10/c1-7(8(13)12(5)15-6)11-9(14)16-10(2,3)4;1-5-3-2-4-5/h7H,1-6H3,(H,11,14);5H,2-4H2,1H3. The Balaban J connectivity index is 0.000000662. The fourth-order valence-electron chi connectivity index (χ4n) is 1.52. The molecule has 0 saturated heterocycles. The molecule has 1 rings (SSSR count). The zero-order valence-corrected chi connectivity index (χ0v) is 14.4. The smallest absolute Gasteiger partial charge is 0.408 e. The van der Waals surface area contributed by atoms with Gasteiger partial charge < -0.3 is 10.1 Å². The second-order valence-corrected chi connectivity index (χ2v) is 6.42. The van der Waals surface area contributed by atoms with E-state index in [4.69, 9.17) is 9.57 Å². The molecule has 1 aliphatic rings. The molecular formula is C15H30N2O4. The zero-order chi connectivity index (χ0) is 16.6. The largest absolute Gasteiger partial charge is 0.444 e. The number of nitrogens with one attached hydrogen (secondary N) is 1. The van der Waals surface area contributed by atoms with Gasteiger partial charge in [-0.3, -0.25) is 9.63 Å². The Morgan fingerprint density at radius 1 is 1.29 bits per heavy atom. The molecule has 0 radical (unpaired) electrons. The van der Waals surface area contributed by atoms with E-state index in [1.807, 2.05) is 0 Å². The summed E-state index contributed by atoms with van der Waals surface area (Å²) in [5.74, 6) is 0.711. The number of hydrogen-bond acceptors (Lipinski definition) is 4. The predicted molar refractivity (Wildman–Crippen MR) is 81.6 cm³/mol. The monoisotopic (exact) mass is 302 g/mol. The van der Waals surface area contributed by atoms with Crippen molar-refractivity contribution in [2.75, 3.05) is 14.2 Å². The number of ether oxygens (including phenoxy) is 1. The number of hydrogen-bond donors (Lipinski definition) is 1. The van der Waals surface area contributed by atoms with E-state index < -0.39 is 17.7 Å². The summed E-state index contributed by atoms with van der Waals surface area (Å²) in [5, 5.41) is 3.46. The molecule has 1 unspecified atom stereocenters. The van der Waals surface area contributed by atoms with Crippen molar-refractivity contribution in [3.63, 3.8) is 0 Å². The third-order valence-electron chi connectivity index (χ3n) is 3.08. The maximum Gasteiger partial charge on any atom is 0.408 e. The summed E-state index contributed by atoms with van der Waals surface area (Å²) >= 11 is 0. The van der Waals surface area contributed by atoms with Gasteiger partial charge in [0.25, 0.3) is 5.91 Å². The predicted octanol–water partition coefficient (Wildman–Crippen LogP) is 2.73. The number of nitrogens with zero attached hydrogens (tertiary/aromatic N) is 1. The molecule has 2 amide bonds.